The Labute approximate surface area is 92.6 Å². The van der Waals surface area contributed by atoms with Gasteiger partial charge >= 0.3 is 0 Å². The van der Waals surface area contributed by atoms with Crippen molar-refractivity contribution in [1.82, 2.24) is 0 Å². The molecule has 3 N–H and O–H groups in total. The molecular formula is C9H11NO3S2. The fourth-order valence-electron chi connectivity index (χ4n) is 1.54. The predicted octanol–water partition coefficient (Wildman–Crippen LogP) is 1.23. The molecule has 0 bridgehead atoms. The van der Waals surface area contributed by atoms with Crippen LogP contribution in [0.1, 0.15) is 12.0 Å². The van der Waals surface area contributed by atoms with Crippen LogP contribution in [0.15, 0.2) is 29.2 Å². The molecule has 4 nitrogen and oxygen atoms in total. The van der Waals surface area contributed by atoms with Crippen LogP contribution >= 0.6 is 11.8 Å². The van der Waals surface area contributed by atoms with Crippen LogP contribution in [-0.4, -0.2) is 17.2 Å². The number of hydrogen-bond acceptors (Lipinski definition) is 4. The Morgan fingerprint density at radius 1 is 1.40 bits per heavy atom. The zero-order valence-corrected chi connectivity index (χ0v) is 9.51. The van der Waals surface area contributed by atoms with Gasteiger partial charge in [0.25, 0.3) is 10.1 Å². The topological polar surface area (TPSA) is 80.4 Å². The molecule has 6 heteroatoms. The smallest absolute Gasteiger partial charge is 0.294 e. The fourth-order valence-corrected chi connectivity index (χ4v) is 3.61. The quantitative estimate of drug-likeness (QED) is 0.727. The number of nitrogens with two attached hydrogens (primary N) is 1. The minimum absolute atomic E-state index is 0.230. The van der Waals surface area contributed by atoms with Gasteiger partial charge in [-0.3, -0.25) is 4.55 Å². The third kappa shape index (κ3) is 1.90. The van der Waals surface area contributed by atoms with E-state index in [-0.39, 0.29) is 6.42 Å². The normalized spacial score (nSPS) is 26.0. The predicted molar refractivity (Wildman–Crippen MR) is 59.1 cm³/mol. The Balaban J connectivity index is 2.41. The minimum Gasteiger partial charge on any atom is -0.302 e. The molecule has 1 aromatic rings. The van der Waals surface area contributed by atoms with Crippen molar-refractivity contribution in [2.45, 2.75) is 21.9 Å². The Bertz CT molecular complexity index is 486. The minimum atomic E-state index is -4.23. The summed E-state index contributed by atoms with van der Waals surface area (Å²) < 4.78 is 29.7. The molecule has 0 saturated carbocycles. The first-order valence-corrected chi connectivity index (χ1v) is 6.71. The second-order valence-electron chi connectivity index (χ2n) is 3.50. The van der Waals surface area contributed by atoms with Gasteiger partial charge < -0.3 is 5.73 Å². The van der Waals surface area contributed by atoms with Crippen molar-refractivity contribution in [1.29, 1.82) is 0 Å². The summed E-state index contributed by atoms with van der Waals surface area (Å²) in [6, 6.07) is 7.47. The Hall–Kier alpha value is -0.560. The van der Waals surface area contributed by atoms with E-state index in [2.05, 4.69) is 0 Å². The first-order chi connectivity index (χ1) is 6.92. The molecule has 15 heavy (non-hydrogen) atoms. The summed E-state index contributed by atoms with van der Waals surface area (Å²) in [4.78, 5) is 0.823. The van der Waals surface area contributed by atoms with Gasteiger partial charge in [-0.25, -0.2) is 0 Å². The molecule has 1 heterocycles. The molecule has 1 aromatic carbocycles. The second-order valence-corrected chi connectivity index (χ2v) is 6.81. The highest BCUT2D eigenvalue weighted by atomic mass is 32.3. The number of benzene rings is 1. The standard InChI is InChI=1S/C9H11NO3S2/c10-9(15(11,12)13)6-5-7-3-1-2-4-8(7)14-9/h1-4H,5-6,10H2,(H,11,12,13). The summed E-state index contributed by atoms with van der Waals surface area (Å²) in [5.74, 6) is 0. The highest BCUT2D eigenvalue weighted by Crippen LogP contribution is 2.42. The first-order valence-electron chi connectivity index (χ1n) is 4.45. The Morgan fingerprint density at radius 3 is 2.73 bits per heavy atom. The maximum Gasteiger partial charge on any atom is 0.294 e. The maximum atomic E-state index is 11.1. The molecule has 1 unspecified atom stereocenters. The lowest BCUT2D eigenvalue weighted by molar-refractivity contribution is 0.453. The second kappa shape index (κ2) is 3.48. The van der Waals surface area contributed by atoms with Gasteiger partial charge in [-0.15, -0.1) is 0 Å². The monoisotopic (exact) mass is 245 g/mol. The van der Waals surface area contributed by atoms with Crippen molar-refractivity contribution in [2.75, 3.05) is 0 Å². The van der Waals surface area contributed by atoms with Crippen LogP contribution < -0.4 is 5.73 Å². The molecule has 0 aromatic heterocycles. The molecule has 1 atom stereocenters. The molecule has 0 spiro atoms. The van der Waals surface area contributed by atoms with Crippen molar-refractivity contribution >= 4 is 21.9 Å². The average molecular weight is 245 g/mol. The van der Waals surface area contributed by atoms with Crippen LogP contribution in [0.4, 0.5) is 0 Å². The molecule has 0 aliphatic carbocycles. The van der Waals surface area contributed by atoms with E-state index in [0.29, 0.717) is 6.42 Å². The SMILES string of the molecule is NC1(S(=O)(=O)O)CCc2ccccc2S1. The lowest BCUT2D eigenvalue weighted by atomic mass is 10.1. The van der Waals surface area contributed by atoms with Crippen LogP contribution in [0, 0.1) is 0 Å². The lowest BCUT2D eigenvalue weighted by Crippen LogP contribution is -2.46. The van der Waals surface area contributed by atoms with Gasteiger partial charge in [0.1, 0.15) is 0 Å². The van der Waals surface area contributed by atoms with Crippen LogP contribution in [0.5, 0.6) is 0 Å². The van der Waals surface area contributed by atoms with Crippen LogP contribution in [0.2, 0.25) is 0 Å². The Kier molecular flexibility index (Phi) is 2.54. The summed E-state index contributed by atoms with van der Waals surface area (Å²) >= 11 is 1.01. The summed E-state index contributed by atoms with van der Waals surface area (Å²) in [5.41, 5.74) is 6.75. The number of aryl methyl sites for hydroxylation is 1. The van der Waals surface area contributed by atoms with E-state index in [9.17, 15) is 8.42 Å². The third-order valence-electron chi connectivity index (χ3n) is 2.43. The lowest BCUT2D eigenvalue weighted by Gasteiger charge is -2.30. The highest BCUT2D eigenvalue weighted by Gasteiger charge is 2.42. The van der Waals surface area contributed by atoms with Crippen molar-refractivity contribution < 1.29 is 13.0 Å². The number of hydrogen-bond donors (Lipinski definition) is 2. The van der Waals surface area contributed by atoms with Crippen molar-refractivity contribution in [2.24, 2.45) is 5.73 Å². The maximum absolute atomic E-state index is 11.1. The summed E-state index contributed by atoms with van der Waals surface area (Å²) in [7, 11) is -4.23. The van der Waals surface area contributed by atoms with Crippen molar-refractivity contribution in [3.8, 4) is 0 Å². The molecule has 1 aliphatic rings. The summed E-state index contributed by atoms with van der Waals surface area (Å²) in [6.07, 6.45) is 0.799. The van der Waals surface area contributed by atoms with E-state index in [1.807, 2.05) is 24.3 Å². The zero-order chi connectivity index (χ0) is 11.1. The third-order valence-corrected chi connectivity index (χ3v) is 5.56. The van der Waals surface area contributed by atoms with Gasteiger partial charge in [0.15, 0.2) is 4.20 Å². The molecule has 0 fully saturated rings. The number of fused-ring (bicyclic) bond motifs is 1. The van der Waals surface area contributed by atoms with Gasteiger partial charge in [-0.2, -0.15) is 8.42 Å². The molecule has 0 radical (unpaired) electrons. The summed E-state index contributed by atoms with van der Waals surface area (Å²) in [6.45, 7) is 0. The van der Waals surface area contributed by atoms with E-state index >= 15 is 0 Å². The van der Waals surface area contributed by atoms with Crippen LogP contribution in [0.25, 0.3) is 0 Å². The van der Waals surface area contributed by atoms with Crippen molar-refractivity contribution in [3.05, 3.63) is 29.8 Å². The molecule has 0 amide bonds. The number of rotatable bonds is 1. The van der Waals surface area contributed by atoms with Gasteiger partial charge in [-0.1, -0.05) is 30.0 Å². The highest BCUT2D eigenvalue weighted by molar-refractivity contribution is 8.12. The van der Waals surface area contributed by atoms with Gasteiger partial charge in [-0.05, 0) is 24.5 Å². The van der Waals surface area contributed by atoms with Crippen molar-refractivity contribution in [3.63, 3.8) is 0 Å². The summed E-state index contributed by atoms with van der Waals surface area (Å²) in [5, 5.41) is 0. The zero-order valence-electron chi connectivity index (χ0n) is 7.88. The van der Waals surface area contributed by atoms with Gasteiger partial charge in [0.05, 0.1) is 0 Å². The molecular weight excluding hydrogens is 234 g/mol. The number of thioether (sulfide) groups is 1. The largest absolute Gasteiger partial charge is 0.302 e. The molecule has 0 saturated heterocycles. The van der Waals surface area contributed by atoms with E-state index in [0.717, 1.165) is 22.2 Å². The van der Waals surface area contributed by atoms with Gasteiger partial charge in [0, 0.05) is 4.90 Å². The van der Waals surface area contributed by atoms with E-state index in [1.165, 1.54) is 0 Å². The van der Waals surface area contributed by atoms with Crippen LogP contribution in [0.3, 0.4) is 0 Å². The average Bonchev–Trinajstić information content (AvgIpc) is 2.16. The van der Waals surface area contributed by atoms with E-state index < -0.39 is 14.3 Å². The van der Waals surface area contributed by atoms with E-state index in [1.54, 1.807) is 0 Å². The van der Waals surface area contributed by atoms with Crippen LogP contribution in [-0.2, 0) is 16.5 Å². The molecule has 1 aliphatic heterocycles. The first kappa shape index (κ1) is 10.9. The molecule has 82 valence electrons. The fraction of sp³-hybridized carbons (Fsp3) is 0.333. The Morgan fingerprint density at radius 2 is 2.07 bits per heavy atom. The van der Waals surface area contributed by atoms with Gasteiger partial charge in [0.2, 0.25) is 0 Å². The molecule has 2 rings (SSSR count). The van der Waals surface area contributed by atoms with E-state index in [4.69, 9.17) is 10.3 Å².